The predicted molar refractivity (Wildman–Crippen MR) is 115 cm³/mol. The Morgan fingerprint density at radius 3 is 2.26 bits per heavy atom. The highest BCUT2D eigenvalue weighted by atomic mass is 32.2. The van der Waals surface area contributed by atoms with E-state index in [-0.39, 0.29) is 31.9 Å². The number of sulfonamides is 1. The Labute approximate surface area is 182 Å². The van der Waals surface area contributed by atoms with Crippen LogP contribution in [-0.2, 0) is 36.5 Å². The van der Waals surface area contributed by atoms with Gasteiger partial charge in [-0.1, -0.05) is 42.5 Å². The molecule has 1 atom stereocenters. The normalized spacial score (nSPS) is 12.1. The van der Waals surface area contributed by atoms with Gasteiger partial charge >= 0.3 is 5.97 Å². The SMILES string of the molecule is COC(=O)COc1ccc(C[C@H](N)C(=O)N(CCN)S(=O)(=O)Cc2ccccc2)cc1. The molecule has 31 heavy (non-hydrogen) atoms. The van der Waals surface area contributed by atoms with Gasteiger partial charge in [-0.2, -0.15) is 0 Å². The van der Waals surface area contributed by atoms with E-state index in [0.717, 1.165) is 4.31 Å². The van der Waals surface area contributed by atoms with E-state index in [4.69, 9.17) is 16.2 Å². The molecule has 0 saturated heterocycles. The lowest BCUT2D eigenvalue weighted by Crippen LogP contribution is -2.49. The van der Waals surface area contributed by atoms with Gasteiger partial charge in [0.05, 0.1) is 18.9 Å². The first-order valence-corrected chi connectivity index (χ1v) is 11.2. The Kier molecular flexibility index (Phi) is 8.98. The third-order valence-electron chi connectivity index (χ3n) is 4.39. The van der Waals surface area contributed by atoms with Crippen molar-refractivity contribution in [3.63, 3.8) is 0 Å². The second-order valence-corrected chi connectivity index (χ2v) is 8.65. The van der Waals surface area contributed by atoms with E-state index in [2.05, 4.69) is 4.74 Å². The predicted octanol–water partition coefficient (Wildman–Crippen LogP) is 0.426. The van der Waals surface area contributed by atoms with Crippen molar-refractivity contribution in [3.8, 4) is 5.75 Å². The molecular weight excluding hydrogens is 422 g/mol. The number of hydrogen-bond donors (Lipinski definition) is 2. The van der Waals surface area contributed by atoms with Crippen molar-refractivity contribution < 1.29 is 27.5 Å². The van der Waals surface area contributed by atoms with Gasteiger partial charge in [-0.05, 0) is 29.7 Å². The Morgan fingerprint density at radius 2 is 1.68 bits per heavy atom. The van der Waals surface area contributed by atoms with E-state index in [9.17, 15) is 18.0 Å². The van der Waals surface area contributed by atoms with Crippen molar-refractivity contribution in [2.45, 2.75) is 18.2 Å². The summed E-state index contributed by atoms with van der Waals surface area (Å²) in [5.74, 6) is -1.09. The Bertz CT molecular complexity index is 964. The van der Waals surface area contributed by atoms with Gasteiger partial charge in [-0.25, -0.2) is 17.5 Å². The smallest absolute Gasteiger partial charge is 0.343 e. The molecule has 9 nitrogen and oxygen atoms in total. The zero-order valence-corrected chi connectivity index (χ0v) is 18.1. The largest absolute Gasteiger partial charge is 0.482 e. The number of carbonyl (C=O) groups excluding carboxylic acids is 2. The van der Waals surface area contributed by atoms with Gasteiger partial charge in [0.2, 0.25) is 10.0 Å². The van der Waals surface area contributed by atoms with Crippen LogP contribution in [0.1, 0.15) is 11.1 Å². The van der Waals surface area contributed by atoms with Crippen LogP contribution in [0.3, 0.4) is 0 Å². The Morgan fingerprint density at radius 1 is 1.03 bits per heavy atom. The first-order valence-electron chi connectivity index (χ1n) is 9.59. The summed E-state index contributed by atoms with van der Waals surface area (Å²) in [6, 6.07) is 14.1. The van der Waals surface area contributed by atoms with Gasteiger partial charge in [-0.15, -0.1) is 0 Å². The molecule has 0 spiro atoms. The van der Waals surface area contributed by atoms with Crippen molar-refractivity contribution in [1.82, 2.24) is 4.31 Å². The molecule has 0 aromatic heterocycles. The fourth-order valence-corrected chi connectivity index (χ4v) is 4.38. The molecule has 0 aliphatic rings. The van der Waals surface area contributed by atoms with E-state index in [1.54, 1.807) is 54.6 Å². The minimum atomic E-state index is -3.94. The van der Waals surface area contributed by atoms with Crippen LogP contribution < -0.4 is 16.2 Å². The number of rotatable bonds is 11. The molecule has 2 rings (SSSR count). The highest BCUT2D eigenvalue weighted by molar-refractivity contribution is 7.88. The number of esters is 1. The van der Waals surface area contributed by atoms with Crippen molar-refractivity contribution in [2.75, 3.05) is 26.8 Å². The highest BCUT2D eigenvalue weighted by Crippen LogP contribution is 2.16. The van der Waals surface area contributed by atoms with Crippen LogP contribution in [0.25, 0.3) is 0 Å². The minimum absolute atomic E-state index is 0.0152. The molecule has 0 saturated carbocycles. The quantitative estimate of drug-likeness (QED) is 0.470. The number of nitrogens with two attached hydrogens (primary N) is 2. The molecule has 2 aromatic carbocycles. The topological polar surface area (TPSA) is 142 Å². The molecule has 10 heteroatoms. The first-order chi connectivity index (χ1) is 14.8. The number of ether oxygens (including phenoxy) is 2. The lowest BCUT2D eigenvalue weighted by Gasteiger charge is -2.25. The molecule has 0 aliphatic carbocycles. The summed E-state index contributed by atoms with van der Waals surface area (Å²) in [6.07, 6.45) is 0.123. The van der Waals surface area contributed by atoms with E-state index in [1.165, 1.54) is 7.11 Å². The molecule has 168 valence electrons. The van der Waals surface area contributed by atoms with Gasteiger partial charge < -0.3 is 20.9 Å². The second-order valence-electron chi connectivity index (χ2n) is 6.76. The second kappa shape index (κ2) is 11.4. The maximum Gasteiger partial charge on any atom is 0.343 e. The van der Waals surface area contributed by atoms with Crippen LogP contribution in [0.15, 0.2) is 54.6 Å². The average molecular weight is 450 g/mol. The average Bonchev–Trinajstić information content (AvgIpc) is 2.76. The molecule has 0 bridgehead atoms. The van der Waals surface area contributed by atoms with Gasteiger partial charge in [0.15, 0.2) is 6.61 Å². The lowest BCUT2D eigenvalue weighted by atomic mass is 10.1. The molecule has 1 amide bonds. The number of carbonyl (C=O) groups is 2. The number of hydrogen-bond acceptors (Lipinski definition) is 8. The van der Waals surface area contributed by atoms with Gasteiger partial charge in [0, 0.05) is 13.1 Å². The molecule has 2 aromatic rings. The van der Waals surface area contributed by atoms with Crippen LogP contribution in [0.2, 0.25) is 0 Å². The molecule has 0 fully saturated rings. The fraction of sp³-hybridized carbons (Fsp3) is 0.333. The Hall–Kier alpha value is -2.95. The van der Waals surface area contributed by atoms with Crippen LogP contribution in [0.4, 0.5) is 0 Å². The summed E-state index contributed by atoms with van der Waals surface area (Å²) in [4.78, 5) is 24.0. The molecular formula is C21H27N3O6S. The van der Waals surface area contributed by atoms with E-state index in [0.29, 0.717) is 16.9 Å². The third kappa shape index (κ3) is 7.35. The van der Waals surface area contributed by atoms with Crippen molar-refractivity contribution in [3.05, 3.63) is 65.7 Å². The van der Waals surface area contributed by atoms with Gasteiger partial charge in [0.1, 0.15) is 5.75 Å². The lowest BCUT2D eigenvalue weighted by molar-refractivity contribution is -0.142. The summed E-state index contributed by atoms with van der Waals surface area (Å²) in [7, 11) is -2.67. The van der Waals surface area contributed by atoms with Gasteiger partial charge in [0.25, 0.3) is 5.91 Å². The van der Waals surface area contributed by atoms with E-state index in [1.807, 2.05) is 0 Å². The zero-order valence-electron chi connectivity index (χ0n) is 17.3. The van der Waals surface area contributed by atoms with Crippen LogP contribution in [0, 0.1) is 0 Å². The summed E-state index contributed by atoms with van der Waals surface area (Å²) in [5.41, 5.74) is 12.8. The van der Waals surface area contributed by atoms with Crippen molar-refractivity contribution >= 4 is 21.9 Å². The molecule has 0 aliphatic heterocycles. The van der Waals surface area contributed by atoms with Crippen LogP contribution in [-0.4, -0.2) is 57.4 Å². The molecule has 0 heterocycles. The summed E-state index contributed by atoms with van der Waals surface area (Å²) in [5, 5.41) is 0. The summed E-state index contributed by atoms with van der Waals surface area (Å²) < 4.78 is 36.2. The van der Waals surface area contributed by atoms with E-state index < -0.39 is 27.9 Å². The standard InChI is InChI=1S/C21H27N3O6S/c1-29-20(25)14-30-18-9-7-16(8-10-18)13-19(23)21(26)24(12-11-22)31(27,28)15-17-5-3-2-4-6-17/h2-10,19H,11-15,22-23H2,1H3/t19-/m0/s1. The monoisotopic (exact) mass is 449 g/mol. The Balaban J connectivity index is 2.05. The highest BCUT2D eigenvalue weighted by Gasteiger charge is 2.30. The van der Waals surface area contributed by atoms with Crippen molar-refractivity contribution in [2.24, 2.45) is 11.5 Å². The van der Waals surface area contributed by atoms with E-state index >= 15 is 0 Å². The molecule has 0 unspecified atom stereocenters. The number of nitrogens with zero attached hydrogens (tertiary/aromatic N) is 1. The fourth-order valence-electron chi connectivity index (χ4n) is 2.82. The maximum atomic E-state index is 12.8. The minimum Gasteiger partial charge on any atom is -0.482 e. The third-order valence-corrected chi connectivity index (χ3v) is 6.12. The molecule has 4 N–H and O–H groups in total. The number of methoxy groups -OCH3 is 1. The number of amides is 1. The van der Waals surface area contributed by atoms with Crippen LogP contribution >= 0.6 is 0 Å². The molecule has 0 radical (unpaired) electrons. The number of benzene rings is 2. The van der Waals surface area contributed by atoms with Crippen molar-refractivity contribution in [1.29, 1.82) is 0 Å². The van der Waals surface area contributed by atoms with Gasteiger partial charge in [-0.3, -0.25) is 4.79 Å². The van der Waals surface area contributed by atoms with Crippen LogP contribution in [0.5, 0.6) is 5.75 Å². The first kappa shape index (κ1) is 24.3. The summed E-state index contributed by atoms with van der Waals surface area (Å²) >= 11 is 0. The maximum absolute atomic E-state index is 12.8. The summed E-state index contributed by atoms with van der Waals surface area (Å²) in [6.45, 7) is -0.387. The zero-order chi connectivity index (χ0) is 22.9.